The highest BCUT2D eigenvalue weighted by Crippen LogP contribution is 2.20. The van der Waals surface area contributed by atoms with Gasteiger partial charge in [0.15, 0.2) is 0 Å². The van der Waals surface area contributed by atoms with Gasteiger partial charge in [0, 0.05) is 37.3 Å². The van der Waals surface area contributed by atoms with E-state index in [1.54, 1.807) is 12.1 Å². The molecule has 21 heavy (non-hydrogen) atoms. The van der Waals surface area contributed by atoms with Crippen LogP contribution >= 0.6 is 12.2 Å². The van der Waals surface area contributed by atoms with Crippen molar-refractivity contribution in [2.24, 2.45) is 5.73 Å². The number of amides is 1. The molecule has 1 unspecified atom stereocenters. The van der Waals surface area contributed by atoms with Gasteiger partial charge in [0.25, 0.3) is 0 Å². The summed E-state index contributed by atoms with van der Waals surface area (Å²) in [5, 5.41) is 12.7. The number of anilines is 1. The molecule has 5 nitrogen and oxygen atoms in total. The highest BCUT2D eigenvalue weighted by Gasteiger charge is 2.30. The number of aliphatic hydroxyl groups is 1. The van der Waals surface area contributed by atoms with Crippen LogP contribution in [0.4, 0.5) is 5.69 Å². The SMILES string of the molecule is CC1(O)CCN(CCC(=O)Nc2cccc(C(N)=S)c2)C1. The van der Waals surface area contributed by atoms with Crippen molar-refractivity contribution in [3.63, 3.8) is 0 Å². The van der Waals surface area contributed by atoms with Crippen LogP contribution in [-0.2, 0) is 4.79 Å². The fraction of sp³-hybridized carbons (Fsp3) is 0.467. The zero-order chi connectivity index (χ0) is 15.5. The molecule has 0 aromatic heterocycles. The van der Waals surface area contributed by atoms with Crippen LogP contribution in [0.5, 0.6) is 0 Å². The molecule has 1 fully saturated rings. The van der Waals surface area contributed by atoms with Crippen molar-refractivity contribution in [1.29, 1.82) is 0 Å². The van der Waals surface area contributed by atoms with Gasteiger partial charge in [0.05, 0.1) is 5.60 Å². The zero-order valence-electron chi connectivity index (χ0n) is 12.1. The number of carbonyl (C=O) groups excluding carboxylic acids is 1. The molecule has 0 radical (unpaired) electrons. The van der Waals surface area contributed by atoms with E-state index < -0.39 is 5.60 Å². The van der Waals surface area contributed by atoms with E-state index in [1.807, 2.05) is 19.1 Å². The van der Waals surface area contributed by atoms with Crippen LogP contribution in [0.25, 0.3) is 0 Å². The van der Waals surface area contributed by atoms with Crippen LogP contribution in [0.15, 0.2) is 24.3 Å². The Kier molecular flexibility index (Phi) is 4.92. The molecule has 2 rings (SSSR count). The monoisotopic (exact) mass is 307 g/mol. The average molecular weight is 307 g/mol. The van der Waals surface area contributed by atoms with Gasteiger partial charge in [-0.25, -0.2) is 0 Å². The molecule has 0 bridgehead atoms. The highest BCUT2D eigenvalue weighted by atomic mass is 32.1. The minimum atomic E-state index is -0.623. The molecule has 0 aliphatic carbocycles. The fourth-order valence-electron chi connectivity index (χ4n) is 2.46. The van der Waals surface area contributed by atoms with Gasteiger partial charge in [0.2, 0.25) is 5.91 Å². The highest BCUT2D eigenvalue weighted by molar-refractivity contribution is 7.80. The molecular formula is C15H21N3O2S. The van der Waals surface area contributed by atoms with E-state index in [9.17, 15) is 9.90 Å². The van der Waals surface area contributed by atoms with Gasteiger partial charge in [-0.2, -0.15) is 0 Å². The lowest BCUT2D eigenvalue weighted by molar-refractivity contribution is -0.116. The Balaban J connectivity index is 1.82. The molecule has 1 heterocycles. The summed E-state index contributed by atoms with van der Waals surface area (Å²) in [4.78, 5) is 14.4. The standard InChI is InChI=1S/C15H21N3O2S/c1-15(20)6-8-18(10-15)7-5-13(19)17-12-4-2-3-11(9-12)14(16)21/h2-4,9,20H,5-8,10H2,1H3,(H2,16,21)(H,17,19). The maximum atomic E-state index is 11.9. The van der Waals surface area contributed by atoms with Crippen LogP contribution in [-0.4, -0.2) is 46.1 Å². The Labute approximate surface area is 130 Å². The molecule has 1 atom stereocenters. The van der Waals surface area contributed by atoms with E-state index >= 15 is 0 Å². The number of nitrogens with two attached hydrogens (primary N) is 1. The summed E-state index contributed by atoms with van der Waals surface area (Å²) in [5.41, 5.74) is 6.37. The van der Waals surface area contributed by atoms with E-state index in [0.29, 0.717) is 30.2 Å². The Hall–Kier alpha value is -1.50. The van der Waals surface area contributed by atoms with Crippen LogP contribution in [0, 0.1) is 0 Å². The minimum Gasteiger partial charge on any atom is -0.389 e. The number of nitrogens with one attached hydrogen (secondary N) is 1. The lowest BCUT2D eigenvalue weighted by Gasteiger charge is -2.18. The normalized spacial score (nSPS) is 22.2. The fourth-order valence-corrected chi connectivity index (χ4v) is 2.59. The number of hydrogen-bond acceptors (Lipinski definition) is 4. The summed E-state index contributed by atoms with van der Waals surface area (Å²) in [6.07, 6.45) is 1.15. The first-order chi connectivity index (χ1) is 9.85. The summed E-state index contributed by atoms with van der Waals surface area (Å²) >= 11 is 4.92. The first kappa shape index (κ1) is 15.9. The third-order valence-electron chi connectivity index (χ3n) is 3.62. The van der Waals surface area contributed by atoms with Crippen LogP contribution < -0.4 is 11.1 Å². The van der Waals surface area contributed by atoms with E-state index in [2.05, 4.69) is 10.2 Å². The molecular weight excluding hydrogens is 286 g/mol. The van der Waals surface area contributed by atoms with Crippen LogP contribution in [0.1, 0.15) is 25.3 Å². The Morgan fingerprint density at radius 2 is 2.33 bits per heavy atom. The summed E-state index contributed by atoms with van der Waals surface area (Å²) in [6.45, 7) is 3.93. The molecule has 4 N–H and O–H groups in total. The lowest BCUT2D eigenvalue weighted by Crippen LogP contribution is -2.31. The summed E-state index contributed by atoms with van der Waals surface area (Å²) in [6, 6.07) is 7.19. The van der Waals surface area contributed by atoms with Crippen molar-refractivity contribution in [2.75, 3.05) is 25.0 Å². The van der Waals surface area contributed by atoms with Crippen molar-refractivity contribution >= 4 is 28.8 Å². The topological polar surface area (TPSA) is 78.6 Å². The lowest BCUT2D eigenvalue weighted by atomic mass is 10.1. The van der Waals surface area contributed by atoms with Gasteiger partial charge >= 0.3 is 0 Å². The molecule has 0 saturated carbocycles. The van der Waals surface area contributed by atoms with Gasteiger partial charge in [-0.05, 0) is 25.5 Å². The molecule has 1 saturated heterocycles. The summed E-state index contributed by atoms with van der Waals surface area (Å²) < 4.78 is 0. The maximum absolute atomic E-state index is 11.9. The molecule has 1 aliphatic heterocycles. The van der Waals surface area contributed by atoms with Crippen molar-refractivity contribution in [1.82, 2.24) is 4.90 Å². The summed E-state index contributed by atoms with van der Waals surface area (Å²) in [7, 11) is 0. The Morgan fingerprint density at radius 3 is 2.95 bits per heavy atom. The van der Waals surface area contributed by atoms with E-state index in [1.165, 1.54) is 0 Å². The molecule has 1 aromatic rings. The van der Waals surface area contributed by atoms with Crippen molar-refractivity contribution in [3.8, 4) is 0 Å². The van der Waals surface area contributed by atoms with Crippen molar-refractivity contribution in [3.05, 3.63) is 29.8 Å². The van der Waals surface area contributed by atoms with Gasteiger partial charge in [0.1, 0.15) is 4.99 Å². The Bertz CT molecular complexity index is 545. The molecule has 1 amide bonds. The molecule has 6 heteroatoms. The second-order valence-corrected chi connectivity index (χ2v) is 6.21. The largest absolute Gasteiger partial charge is 0.389 e. The van der Waals surface area contributed by atoms with Gasteiger partial charge < -0.3 is 16.2 Å². The number of hydrogen-bond donors (Lipinski definition) is 3. The van der Waals surface area contributed by atoms with Crippen molar-refractivity contribution in [2.45, 2.75) is 25.4 Å². The molecule has 114 valence electrons. The first-order valence-electron chi connectivity index (χ1n) is 7.00. The van der Waals surface area contributed by atoms with Crippen LogP contribution in [0.2, 0.25) is 0 Å². The molecule has 0 spiro atoms. The smallest absolute Gasteiger partial charge is 0.225 e. The molecule has 1 aromatic carbocycles. The van der Waals surface area contributed by atoms with Crippen molar-refractivity contribution < 1.29 is 9.90 Å². The van der Waals surface area contributed by atoms with Gasteiger partial charge in [-0.15, -0.1) is 0 Å². The number of β-amino-alcohol motifs (C(OH)–C–C–N with tert-alkyl or cyclic N) is 1. The number of likely N-dealkylation sites (tertiary alicyclic amines) is 1. The second-order valence-electron chi connectivity index (χ2n) is 5.77. The zero-order valence-corrected chi connectivity index (χ0v) is 12.9. The minimum absolute atomic E-state index is 0.0540. The van der Waals surface area contributed by atoms with Gasteiger partial charge in [-0.1, -0.05) is 24.4 Å². The number of thiocarbonyl (C=S) groups is 1. The number of nitrogens with zero attached hydrogens (tertiary/aromatic N) is 1. The predicted molar refractivity (Wildman–Crippen MR) is 87.3 cm³/mol. The van der Waals surface area contributed by atoms with E-state index in [0.717, 1.165) is 18.5 Å². The summed E-state index contributed by atoms with van der Waals surface area (Å²) in [5.74, 6) is -0.0540. The number of benzene rings is 1. The van der Waals surface area contributed by atoms with Gasteiger partial charge in [-0.3, -0.25) is 9.69 Å². The quantitative estimate of drug-likeness (QED) is 0.710. The van der Waals surface area contributed by atoms with E-state index in [4.69, 9.17) is 18.0 Å². The predicted octanol–water partition coefficient (Wildman–Crippen LogP) is 1.11. The molecule has 1 aliphatic rings. The Morgan fingerprint density at radius 1 is 1.57 bits per heavy atom. The maximum Gasteiger partial charge on any atom is 0.225 e. The number of carbonyl (C=O) groups is 1. The second kappa shape index (κ2) is 6.51. The van der Waals surface area contributed by atoms with E-state index in [-0.39, 0.29) is 5.91 Å². The number of rotatable bonds is 5. The third kappa shape index (κ3) is 4.77. The van der Waals surface area contributed by atoms with Crippen LogP contribution in [0.3, 0.4) is 0 Å². The average Bonchev–Trinajstić information content (AvgIpc) is 2.76. The first-order valence-corrected chi connectivity index (χ1v) is 7.41. The third-order valence-corrected chi connectivity index (χ3v) is 3.85.